The minimum Gasteiger partial charge on any atom is -0.389 e. The molecule has 1 aromatic rings. The smallest absolute Gasteiger partial charge is 0.149 e. The normalized spacial score (nSPS) is 18.6. The third-order valence-corrected chi connectivity index (χ3v) is 3.88. The molecular weight excluding hydrogens is 262 g/mol. The van der Waals surface area contributed by atoms with E-state index in [9.17, 15) is 13.9 Å². The van der Waals surface area contributed by atoms with Gasteiger partial charge in [-0.05, 0) is 38.5 Å². The van der Waals surface area contributed by atoms with Crippen molar-refractivity contribution in [3.63, 3.8) is 0 Å². The van der Waals surface area contributed by atoms with Crippen molar-refractivity contribution in [1.82, 2.24) is 4.90 Å². The Kier molecular flexibility index (Phi) is 4.60. The lowest BCUT2D eigenvalue weighted by Crippen LogP contribution is -2.49. The molecule has 112 valence electrons. The van der Waals surface area contributed by atoms with Crippen LogP contribution in [0.25, 0.3) is 0 Å². The number of aliphatic hydroxyl groups excluding tert-OH is 1. The standard InChI is InChI=1S/C15H22F2N2O/c1-10(2)18-4-6-19(7-5-18)15-13(16)8-12(11(3)20)9-14(15)17/h8-11,20H,4-7H2,1-3H3. The van der Waals surface area contributed by atoms with E-state index in [1.54, 1.807) is 4.90 Å². The first-order valence-corrected chi connectivity index (χ1v) is 7.06. The van der Waals surface area contributed by atoms with Crippen LogP contribution in [0.5, 0.6) is 0 Å². The second kappa shape index (κ2) is 6.06. The van der Waals surface area contributed by atoms with E-state index < -0.39 is 17.7 Å². The summed E-state index contributed by atoms with van der Waals surface area (Å²) >= 11 is 0. The van der Waals surface area contributed by atoms with E-state index in [2.05, 4.69) is 18.7 Å². The number of halogens is 2. The summed E-state index contributed by atoms with van der Waals surface area (Å²) in [7, 11) is 0. The van der Waals surface area contributed by atoms with Gasteiger partial charge in [0, 0.05) is 32.2 Å². The summed E-state index contributed by atoms with van der Waals surface area (Å²) in [5.74, 6) is -1.20. The quantitative estimate of drug-likeness (QED) is 0.924. The molecule has 1 aromatic carbocycles. The Bertz CT molecular complexity index is 446. The number of piperazine rings is 1. The van der Waals surface area contributed by atoms with E-state index >= 15 is 0 Å². The molecule has 0 aromatic heterocycles. The average molecular weight is 284 g/mol. The molecule has 1 fully saturated rings. The molecule has 1 aliphatic heterocycles. The summed E-state index contributed by atoms with van der Waals surface area (Å²) in [6, 6.07) is 2.89. The molecule has 5 heteroatoms. The second-order valence-electron chi connectivity index (χ2n) is 5.63. The van der Waals surface area contributed by atoms with Crippen LogP contribution in [-0.2, 0) is 0 Å². The van der Waals surface area contributed by atoms with E-state index in [1.807, 2.05) is 0 Å². The lowest BCUT2D eigenvalue weighted by Gasteiger charge is -2.38. The molecule has 1 N–H and O–H groups in total. The van der Waals surface area contributed by atoms with Gasteiger partial charge in [0.25, 0.3) is 0 Å². The molecule has 20 heavy (non-hydrogen) atoms. The molecule has 0 bridgehead atoms. The number of benzene rings is 1. The fraction of sp³-hybridized carbons (Fsp3) is 0.600. The Morgan fingerprint density at radius 3 is 1.90 bits per heavy atom. The SMILES string of the molecule is CC(O)c1cc(F)c(N2CCN(C(C)C)CC2)c(F)c1. The molecular formula is C15H22F2N2O. The molecule has 0 aliphatic carbocycles. The fourth-order valence-corrected chi connectivity index (χ4v) is 2.59. The van der Waals surface area contributed by atoms with Crippen LogP contribution < -0.4 is 4.90 Å². The van der Waals surface area contributed by atoms with Gasteiger partial charge in [-0.15, -0.1) is 0 Å². The van der Waals surface area contributed by atoms with Crippen LogP contribution >= 0.6 is 0 Å². The topological polar surface area (TPSA) is 26.7 Å². The maximum Gasteiger partial charge on any atom is 0.149 e. The summed E-state index contributed by atoms with van der Waals surface area (Å²) in [4.78, 5) is 4.03. The molecule has 0 radical (unpaired) electrons. The van der Waals surface area contributed by atoms with Gasteiger partial charge in [0.2, 0.25) is 0 Å². The maximum absolute atomic E-state index is 14.1. The van der Waals surface area contributed by atoms with Gasteiger partial charge in [0.05, 0.1) is 6.10 Å². The fourth-order valence-electron chi connectivity index (χ4n) is 2.59. The number of nitrogens with zero attached hydrogens (tertiary/aromatic N) is 2. The van der Waals surface area contributed by atoms with Gasteiger partial charge in [-0.3, -0.25) is 4.90 Å². The van der Waals surface area contributed by atoms with E-state index in [0.717, 1.165) is 13.1 Å². The third kappa shape index (κ3) is 3.10. The average Bonchev–Trinajstić information content (AvgIpc) is 2.38. The first-order valence-electron chi connectivity index (χ1n) is 7.06. The Labute approximate surface area is 118 Å². The molecule has 1 aliphatic rings. The van der Waals surface area contributed by atoms with Crippen LogP contribution in [0.2, 0.25) is 0 Å². The summed E-state index contributed by atoms with van der Waals surface area (Å²) in [6.07, 6.45) is -0.870. The molecule has 0 amide bonds. The summed E-state index contributed by atoms with van der Waals surface area (Å²) in [5, 5.41) is 9.42. The molecule has 1 saturated heterocycles. The number of hydrogen-bond donors (Lipinski definition) is 1. The van der Waals surface area contributed by atoms with E-state index in [0.29, 0.717) is 19.1 Å². The minimum absolute atomic E-state index is 0.0257. The molecule has 1 atom stereocenters. The molecule has 2 rings (SSSR count). The number of rotatable bonds is 3. The van der Waals surface area contributed by atoms with E-state index in [-0.39, 0.29) is 11.3 Å². The predicted octanol–water partition coefficient (Wildman–Crippen LogP) is 2.55. The van der Waals surface area contributed by atoms with Crippen LogP contribution in [0.15, 0.2) is 12.1 Å². The van der Waals surface area contributed by atoms with Gasteiger partial charge in [-0.25, -0.2) is 8.78 Å². The van der Waals surface area contributed by atoms with Crippen LogP contribution in [-0.4, -0.2) is 42.2 Å². The molecule has 3 nitrogen and oxygen atoms in total. The Morgan fingerprint density at radius 2 is 1.50 bits per heavy atom. The van der Waals surface area contributed by atoms with E-state index in [1.165, 1.54) is 19.1 Å². The Balaban J connectivity index is 2.18. The summed E-state index contributed by atoms with van der Waals surface area (Å²) in [5.41, 5.74) is 0.294. The largest absolute Gasteiger partial charge is 0.389 e. The highest BCUT2D eigenvalue weighted by molar-refractivity contribution is 5.51. The van der Waals surface area contributed by atoms with Gasteiger partial charge >= 0.3 is 0 Å². The van der Waals surface area contributed by atoms with Crippen molar-refractivity contribution in [2.45, 2.75) is 32.9 Å². The first kappa shape index (κ1) is 15.2. The second-order valence-corrected chi connectivity index (χ2v) is 5.63. The molecule has 1 unspecified atom stereocenters. The maximum atomic E-state index is 14.1. The molecule has 0 spiro atoms. The van der Waals surface area contributed by atoms with Crippen LogP contribution in [0.1, 0.15) is 32.4 Å². The number of anilines is 1. The van der Waals surface area contributed by atoms with Crippen molar-refractivity contribution in [1.29, 1.82) is 0 Å². The van der Waals surface area contributed by atoms with Gasteiger partial charge in [-0.1, -0.05) is 0 Å². The minimum atomic E-state index is -0.870. The van der Waals surface area contributed by atoms with Gasteiger partial charge in [0.15, 0.2) is 0 Å². The highest BCUT2D eigenvalue weighted by Crippen LogP contribution is 2.28. The van der Waals surface area contributed by atoms with E-state index in [4.69, 9.17) is 0 Å². The van der Waals surface area contributed by atoms with Crippen molar-refractivity contribution in [2.75, 3.05) is 31.1 Å². The zero-order chi connectivity index (χ0) is 14.9. The molecule has 0 saturated carbocycles. The monoisotopic (exact) mass is 284 g/mol. The van der Waals surface area contributed by atoms with Crippen LogP contribution in [0.4, 0.5) is 14.5 Å². The third-order valence-electron chi connectivity index (χ3n) is 3.88. The Morgan fingerprint density at radius 1 is 1.00 bits per heavy atom. The van der Waals surface area contributed by atoms with Crippen LogP contribution in [0, 0.1) is 11.6 Å². The van der Waals surface area contributed by atoms with Crippen molar-refractivity contribution < 1.29 is 13.9 Å². The summed E-state index contributed by atoms with van der Waals surface area (Å²) in [6.45, 7) is 8.56. The van der Waals surface area contributed by atoms with Crippen molar-refractivity contribution in [2.24, 2.45) is 0 Å². The lowest BCUT2D eigenvalue weighted by atomic mass is 10.1. The first-order chi connectivity index (χ1) is 9.40. The highest BCUT2D eigenvalue weighted by Gasteiger charge is 2.24. The van der Waals surface area contributed by atoms with Gasteiger partial charge in [0.1, 0.15) is 17.3 Å². The Hall–Kier alpha value is -1.20. The number of aliphatic hydroxyl groups is 1. The van der Waals surface area contributed by atoms with Crippen LogP contribution in [0.3, 0.4) is 0 Å². The van der Waals surface area contributed by atoms with Crippen molar-refractivity contribution in [3.05, 3.63) is 29.3 Å². The highest BCUT2D eigenvalue weighted by atomic mass is 19.1. The van der Waals surface area contributed by atoms with Crippen molar-refractivity contribution in [3.8, 4) is 0 Å². The summed E-state index contributed by atoms with van der Waals surface area (Å²) < 4.78 is 28.2. The zero-order valence-electron chi connectivity index (χ0n) is 12.2. The predicted molar refractivity (Wildman–Crippen MR) is 75.9 cm³/mol. The molecule has 1 heterocycles. The van der Waals surface area contributed by atoms with Crippen molar-refractivity contribution >= 4 is 5.69 Å². The zero-order valence-corrected chi connectivity index (χ0v) is 12.2. The van der Waals surface area contributed by atoms with Gasteiger partial charge in [-0.2, -0.15) is 0 Å². The lowest BCUT2D eigenvalue weighted by molar-refractivity contribution is 0.198. The number of hydrogen-bond acceptors (Lipinski definition) is 3. The van der Waals surface area contributed by atoms with Gasteiger partial charge < -0.3 is 10.0 Å².